The predicted octanol–water partition coefficient (Wildman–Crippen LogP) is 3.63. The normalized spacial score (nSPS) is 14.5. The number of rotatable bonds is 6. The summed E-state index contributed by atoms with van der Waals surface area (Å²) in [5, 5.41) is 11.1. The summed E-state index contributed by atoms with van der Waals surface area (Å²) in [6, 6.07) is 14.1. The first-order valence-electron chi connectivity index (χ1n) is 10.3. The fraction of sp³-hybridized carbons (Fsp3) is 0.261. The Morgan fingerprint density at radius 3 is 2.61 bits per heavy atom. The van der Waals surface area contributed by atoms with Crippen LogP contribution in [0.1, 0.15) is 4.88 Å². The summed E-state index contributed by atoms with van der Waals surface area (Å²) in [7, 11) is 1.91. The zero-order valence-corrected chi connectivity index (χ0v) is 18.3. The van der Waals surface area contributed by atoms with Gasteiger partial charge in [0.05, 0.1) is 23.9 Å². The summed E-state index contributed by atoms with van der Waals surface area (Å²) >= 11 is 1.69. The van der Waals surface area contributed by atoms with Crippen molar-refractivity contribution in [3.63, 3.8) is 0 Å². The van der Waals surface area contributed by atoms with E-state index in [4.69, 9.17) is 4.74 Å². The molecule has 4 heterocycles. The van der Waals surface area contributed by atoms with Gasteiger partial charge in [0, 0.05) is 54.7 Å². The minimum absolute atomic E-state index is 0.0747. The van der Waals surface area contributed by atoms with Gasteiger partial charge >= 0.3 is 0 Å². The highest BCUT2D eigenvalue weighted by Crippen LogP contribution is 2.30. The van der Waals surface area contributed by atoms with Gasteiger partial charge in [-0.05, 0) is 12.5 Å². The lowest BCUT2D eigenvalue weighted by molar-refractivity contribution is 0.194. The molecule has 7 nitrogen and oxygen atoms in total. The van der Waals surface area contributed by atoms with Gasteiger partial charge in [0.2, 0.25) is 5.88 Å². The number of hydrogen-bond donors (Lipinski definition) is 2. The van der Waals surface area contributed by atoms with E-state index >= 15 is 0 Å². The van der Waals surface area contributed by atoms with E-state index in [1.54, 1.807) is 16.0 Å². The maximum atomic E-state index is 6.00. The second kappa shape index (κ2) is 10.7. The standard InChI is InChI=1S/C17H20N6OS.C6H6/c1-23-10-13(6-22-23)12-4-16-17(21-5-12)24-14(8-20-16)7-18-3-2-15-9-19-11-25-15;1-2-4-6-5-3-1/h4-6,9-11,14,18,20H,2-3,7-8H2,1H3;1-6H. The monoisotopic (exact) mass is 434 g/mol. The van der Waals surface area contributed by atoms with Crippen LogP contribution in [0.5, 0.6) is 5.88 Å². The Kier molecular flexibility index (Phi) is 7.25. The van der Waals surface area contributed by atoms with E-state index in [9.17, 15) is 0 Å². The number of anilines is 1. The van der Waals surface area contributed by atoms with Crippen LogP contribution in [0.15, 0.2) is 72.8 Å². The van der Waals surface area contributed by atoms with E-state index in [0.29, 0.717) is 5.88 Å². The molecule has 0 amide bonds. The molecule has 0 saturated carbocycles. The minimum atomic E-state index is 0.0747. The van der Waals surface area contributed by atoms with Gasteiger partial charge < -0.3 is 15.4 Å². The van der Waals surface area contributed by atoms with E-state index < -0.39 is 0 Å². The molecule has 4 aromatic rings. The van der Waals surface area contributed by atoms with Crippen molar-refractivity contribution in [3.8, 4) is 17.0 Å². The van der Waals surface area contributed by atoms with Crippen LogP contribution >= 0.6 is 11.3 Å². The summed E-state index contributed by atoms with van der Waals surface area (Å²) in [5.41, 5.74) is 4.88. The Hall–Kier alpha value is -3.23. The Morgan fingerprint density at radius 1 is 1.13 bits per heavy atom. The molecule has 5 rings (SSSR count). The molecule has 0 aliphatic carbocycles. The van der Waals surface area contributed by atoms with Gasteiger partial charge in [-0.15, -0.1) is 11.3 Å². The van der Waals surface area contributed by atoms with Crippen molar-refractivity contribution in [1.29, 1.82) is 0 Å². The van der Waals surface area contributed by atoms with Crippen LogP contribution < -0.4 is 15.4 Å². The molecular weight excluding hydrogens is 408 g/mol. The quantitative estimate of drug-likeness (QED) is 0.451. The molecule has 3 aromatic heterocycles. The highest BCUT2D eigenvalue weighted by Gasteiger charge is 2.20. The van der Waals surface area contributed by atoms with Crippen molar-refractivity contribution in [2.75, 3.05) is 25.0 Å². The fourth-order valence-electron chi connectivity index (χ4n) is 3.16. The number of thiazole rings is 1. The van der Waals surface area contributed by atoms with Crippen LogP contribution in [0.3, 0.4) is 0 Å². The molecule has 1 aliphatic rings. The van der Waals surface area contributed by atoms with Gasteiger partial charge in [0.15, 0.2) is 0 Å². The Labute approximate surface area is 186 Å². The highest BCUT2D eigenvalue weighted by molar-refractivity contribution is 7.09. The van der Waals surface area contributed by atoms with Crippen LogP contribution in [-0.2, 0) is 13.5 Å². The summed E-state index contributed by atoms with van der Waals surface area (Å²) in [4.78, 5) is 9.85. The second-order valence-electron chi connectivity index (χ2n) is 7.18. The van der Waals surface area contributed by atoms with Gasteiger partial charge in [-0.1, -0.05) is 36.4 Å². The lowest BCUT2D eigenvalue weighted by atomic mass is 10.1. The van der Waals surface area contributed by atoms with E-state index in [-0.39, 0.29) is 6.10 Å². The number of pyridine rings is 1. The second-order valence-corrected chi connectivity index (χ2v) is 8.15. The number of aryl methyl sites for hydroxylation is 1. The molecule has 1 aromatic carbocycles. The van der Waals surface area contributed by atoms with Gasteiger partial charge in [-0.25, -0.2) is 4.98 Å². The van der Waals surface area contributed by atoms with E-state index in [2.05, 4.69) is 31.8 Å². The average molecular weight is 435 g/mol. The Balaban J connectivity index is 0.000000334. The topological polar surface area (TPSA) is 76.9 Å². The van der Waals surface area contributed by atoms with Crippen molar-refractivity contribution < 1.29 is 4.74 Å². The number of fused-ring (bicyclic) bond motifs is 1. The Morgan fingerprint density at radius 2 is 1.94 bits per heavy atom. The summed E-state index contributed by atoms with van der Waals surface area (Å²) < 4.78 is 7.78. The van der Waals surface area contributed by atoms with E-state index in [0.717, 1.165) is 42.9 Å². The first-order chi connectivity index (χ1) is 15.3. The average Bonchev–Trinajstić information content (AvgIpc) is 3.50. The van der Waals surface area contributed by atoms with E-state index in [1.807, 2.05) is 73.7 Å². The molecule has 1 atom stereocenters. The van der Waals surface area contributed by atoms with Gasteiger partial charge in [-0.2, -0.15) is 5.10 Å². The number of nitrogens with one attached hydrogen (secondary N) is 2. The fourth-order valence-corrected chi connectivity index (χ4v) is 3.76. The molecular formula is C23H26N6OS. The van der Waals surface area contributed by atoms with Crippen LogP contribution in [-0.4, -0.2) is 45.5 Å². The highest BCUT2D eigenvalue weighted by atomic mass is 32.1. The molecule has 1 aliphatic heterocycles. The van der Waals surface area contributed by atoms with Gasteiger partial charge in [0.25, 0.3) is 0 Å². The van der Waals surface area contributed by atoms with Gasteiger partial charge in [-0.3, -0.25) is 9.67 Å². The molecule has 160 valence electrons. The smallest absolute Gasteiger partial charge is 0.237 e. The molecule has 8 heteroatoms. The first kappa shape index (κ1) is 21.0. The van der Waals surface area contributed by atoms with Crippen LogP contribution in [0.2, 0.25) is 0 Å². The molecule has 31 heavy (non-hydrogen) atoms. The lowest BCUT2D eigenvalue weighted by Gasteiger charge is -2.27. The molecule has 2 N–H and O–H groups in total. The third kappa shape index (κ3) is 6.13. The Bertz CT molecular complexity index is 1020. The van der Waals surface area contributed by atoms with Crippen molar-refractivity contribution in [3.05, 3.63) is 77.6 Å². The molecule has 0 spiro atoms. The number of ether oxygens (including phenoxy) is 1. The maximum Gasteiger partial charge on any atom is 0.237 e. The zero-order chi connectivity index (χ0) is 21.3. The maximum absolute atomic E-state index is 6.00. The molecule has 0 bridgehead atoms. The largest absolute Gasteiger partial charge is 0.470 e. The van der Waals surface area contributed by atoms with Crippen LogP contribution in [0, 0.1) is 0 Å². The molecule has 0 fully saturated rings. The number of aromatic nitrogens is 4. The third-order valence-electron chi connectivity index (χ3n) is 4.76. The van der Waals surface area contributed by atoms with Crippen LogP contribution in [0.4, 0.5) is 5.69 Å². The van der Waals surface area contributed by atoms with Crippen molar-refractivity contribution in [2.24, 2.45) is 7.05 Å². The lowest BCUT2D eigenvalue weighted by Crippen LogP contribution is -2.40. The molecule has 0 radical (unpaired) electrons. The predicted molar refractivity (Wildman–Crippen MR) is 124 cm³/mol. The third-order valence-corrected chi connectivity index (χ3v) is 5.60. The summed E-state index contributed by atoms with van der Waals surface area (Å²) in [5.74, 6) is 0.660. The molecule has 0 saturated heterocycles. The summed E-state index contributed by atoms with van der Waals surface area (Å²) in [6.45, 7) is 2.47. The van der Waals surface area contributed by atoms with Crippen molar-refractivity contribution >= 4 is 17.0 Å². The molecule has 1 unspecified atom stereocenters. The van der Waals surface area contributed by atoms with Crippen molar-refractivity contribution in [2.45, 2.75) is 12.5 Å². The number of hydrogen-bond acceptors (Lipinski definition) is 7. The van der Waals surface area contributed by atoms with E-state index in [1.165, 1.54) is 4.88 Å². The summed E-state index contributed by atoms with van der Waals surface area (Å²) in [6.07, 6.45) is 8.63. The van der Waals surface area contributed by atoms with Gasteiger partial charge in [0.1, 0.15) is 6.10 Å². The van der Waals surface area contributed by atoms with Crippen molar-refractivity contribution in [1.82, 2.24) is 25.1 Å². The minimum Gasteiger partial charge on any atom is -0.470 e. The number of benzene rings is 1. The first-order valence-corrected chi connectivity index (χ1v) is 11.1. The zero-order valence-electron chi connectivity index (χ0n) is 17.4. The van der Waals surface area contributed by atoms with Crippen LogP contribution in [0.25, 0.3) is 11.1 Å². The number of nitrogens with zero attached hydrogens (tertiary/aromatic N) is 4. The SMILES string of the molecule is Cn1cc(-c2cnc3c(c2)NCC(CNCCc2cncs2)O3)cn1.c1ccccc1.